The molecule has 0 atom stereocenters. The zero-order valence-corrected chi connectivity index (χ0v) is 8.43. The third-order valence-electron chi connectivity index (χ3n) is 1.78. The maximum Gasteiger partial charge on any atom is 0.573 e. The van der Waals surface area contributed by atoms with Crippen LogP contribution in [0.3, 0.4) is 0 Å². The molecule has 18 heavy (non-hydrogen) atoms. The second-order valence-electron chi connectivity index (χ2n) is 3.04. The molecule has 1 heterocycles. The highest BCUT2D eigenvalue weighted by Crippen LogP contribution is 2.44. The number of nitrogens with two attached hydrogens (primary N) is 1. The van der Waals surface area contributed by atoms with Gasteiger partial charge in [0.05, 0.1) is 11.9 Å². The first-order chi connectivity index (χ1) is 8.06. The number of nitrogens with zero attached hydrogens (tertiary/aromatic N) is 1. The van der Waals surface area contributed by atoms with E-state index < -0.39 is 41.8 Å². The zero-order valence-electron chi connectivity index (χ0n) is 8.43. The normalized spacial score (nSPS) is 12.6. The maximum absolute atomic E-state index is 12.5. The molecule has 0 bridgehead atoms. The number of hydrogen-bond donors (Lipinski definition) is 2. The van der Waals surface area contributed by atoms with Gasteiger partial charge in [0.15, 0.2) is 5.75 Å². The number of aromatic nitrogens is 1. The highest BCUT2D eigenvalue weighted by atomic mass is 19.4. The molecule has 0 fully saturated rings. The molecule has 0 amide bonds. The van der Waals surface area contributed by atoms with Crippen molar-refractivity contribution in [1.82, 2.24) is 4.98 Å². The predicted octanol–water partition coefficient (Wildman–Crippen LogP) is 2.16. The van der Waals surface area contributed by atoms with Gasteiger partial charge in [-0.25, -0.2) is 0 Å². The highest BCUT2D eigenvalue weighted by Gasteiger charge is 2.43. The highest BCUT2D eigenvalue weighted by molar-refractivity contribution is 5.47. The number of pyridine rings is 1. The molecule has 0 aliphatic carbocycles. The van der Waals surface area contributed by atoms with Crippen LogP contribution in [0.4, 0.5) is 26.3 Å². The summed E-state index contributed by atoms with van der Waals surface area (Å²) < 4.78 is 76.9. The van der Waals surface area contributed by atoms with Crippen molar-refractivity contribution in [1.29, 1.82) is 0 Å². The molecule has 0 spiro atoms. The summed E-state index contributed by atoms with van der Waals surface area (Å²) in [5.41, 5.74) is 2.24. The van der Waals surface area contributed by atoms with Crippen LogP contribution in [-0.4, -0.2) is 16.5 Å². The Labute approximate surface area is 96.0 Å². The average Bonchev–Trinajstić information content (AvgIpc) is 2.13. The first-order valence-corrected chi connectivity index (χ1v) is 4.30. The summed E-state index contributed by atoms with van der Waals surface area (Å²) in [6.07, 6.45) is -10.2. The third kappa shape index (κ3) is 3.15. The van der Waals surface area contributed by atoms with Crippen LogP contribution in [0, 0.1) is 0 Å². The van der Waals surface area contributed by atoms with Crippen molar-refractivity contribution in [2.24, 2.45) is 5.73 Å². The second-order valence-corrected chi connectivity index (χ2v) is 3.04. The Kier molecular flexibility index (Phi) is 3.60. The van der Waals surface area contributed by atoms with E-state index >= 15 is 0 Å². The zero-order chi connectivity index (χ0) is 14.1. The van der Waals surface area contributed by atoms with Crippen LogP contribution in [0.25, 0.3) is 0 Å². The Morgan fingerprint density at radius 2 is 1.78 bits per heavy atom. The van der Waals surface area contributed by atoms with Crippen molar-refractivity contribution in [3.8, 4) is 11.5 Å². The monoisotopic (exact) mass is 276 g/mol. The largest absolute Gasteiger partial charge is 0.573 e. The fraction of sp³-hybridized carbons (Fsp3) is 0.375. The number of hydrogen-bond acceptors (Lipinski definition) is 4. The number of rotatable bonds is 2. The number of ether oxygens (including phenoxy) is 1. The minimum Gasteiger partial charge on any atom is -0.506 e. The van der Waals surface area contributed by atoms with Crippen molar-refractivity contribution < 1.29 is 36.2 Å². The topological polar surface area (TPSA) is 68.4 Å². The Balaban J connectivity index is 3.47. The van der Waals surface area contributed by atoms with Crippen molar-refractivity contribution in [2.75, 3.05) is 0 Å². The van der Waals surface area contributed by atoms with Crippen molar-refractivity contribution in [3.05, 3.63) is 17.5 Å². The third-order valence-corrected chi connectivity index (χ3v) is 1.78. The summed E-state index contributed by atoms with van der Waals surface area (Å²) >= 11 is 0. The average molecular weight is 276 g/mol. The van der Waals surface area contributed by atoms with Crippen LogP contribution in [0.15, 0.2) is 6.20 Å². The van der Waals surface area contributed by atoms with E-state index in [1.165, 1.54) is 0 Å². The maximum atomic E-state index is 12.5. The smallest absolute Gasteiger partial charge is 0.506 e. The van der Waals surface area contributed by atoms with Crippen LogP contribution in [0.1, 0.15) is 11.3 Å². The van der Waals surface area contributed by atoms with Crippen LogP contribution in [-0.2, 0) is 12.7 Å². The van der Waals surface area contributed by atoms with Gasteiger partial charge in [-0.2, -0.15) is 13.2 Å². The quantitative estimate of drug-likeness (QED) is 0.812. The van der Waals surface area contributed by atoms with E-state index in [1.807, 2.05) is 0 Å². The lowest BCUT2D eigenvalue weighted by Gasteiger charge is -2.18. The molecule has 1 rings (SSSR count). The van der Waals surface area contributed by atoms with Crippen LogP contribution < -0.4 is 10.5 Å². The Bertz CT molecular complexity index is 442. The van der Waals surface area contributed by atoms with Crippen LogP contribution in [0.2, 0.25) is 0 Å². The lowest BCUT2D eigenvalue weighted by atomic mass is 10.1. The first kappa shape index (κ1) is 14.4. The number of alkyl halides is 6. The van der Waals surface area contributed by atoms with Gasteiger partial charge in [-0.1, -0.05) is 0 Å². The van der Waals surface area contributed by atoms with Gasteiger partial charge in [0.1, 0.15) is 11.3 Å². The van der Waals surface area contributed by atoms with E-state index in [9.17, 15) is 26.3 Å². The molecular formula is C8H6F6N2O2. The van der Waals surface area contributed by atoms with E-state index in [0.717, 1.165) is 0 Å². The summed E-state index contributed by atoms with van der Waals surface area (Å²) in [5.74, 6) is -3.11. The molecule has 102 valence electrons. The van der Waals surface area contributed by atoms with Gasteiger partial charge >= 0.3 is 12.5 Å². The van der Waals surface area contributed by atoms with Crippen molar-refractivity contribution in [2.45, 2.75) is 19.1 Å². The standard InChI is InChI=1S/C8H6F6N2O2/c9-7(10,11)5-4(17)2-16-3(1-15)6(5)18-8(12,13)14/h2,17H,1,15H2. The molecule has 1 aromatic heterocycles. The molecule has 0 unspecified atom stereocenters. The molecule has 0 saturated heterocycles. The van der Waals surface area contributed by atoms with Crippen LogP contribution in [0.5, 0.6) is 11.5 Å². The Morgan fingerprint density at radius 3 is 2.17 bits per heavy atom. The lowest BCUT2D eigenvalue weighted by Crippen LogP contribution is -2.22. The van der Waals surface area contributed by atoms with Gasteiger partial charge in [0.2, 0.25) is 0 Å². The molecule has 0 aliphatic heterocycles. The molecule has 10 heteroatoms. The number of aromatic hydroxyl groups is 1. The van der Waals surface area contributed by atoms with Gasteiger partial charge < -0.3 is 15.6 Å². The van der Waals surface area contributed by atoms with Gasteiger partial charge in [0, 0.05) is 6.54 Å². The number of halogens is 6. The molecule has 4 nitrogen and oxygen atoms in total. The minimum atomic E-state index is -5.36. The lowest BCUT2D eigenvalue weighted by molar-refractivity contribution is -0.276. The molecule has 0 aromatic carbocycles. The first-order valence-electron chi connectivity index (χ1n) is 4.30. The van der Waals surface area contributed by atoms with E-state index in [2.05, 4.69) is 9.72 Å². The second kappa shape index (κ2) is 4.52. The minimum absolute atomic E-state index is 0.355. The summed E-state index contributed by atoms with van der Waals surface area (Å²) in [6, 6.07) is 0. The van der Waals surface area contributed by atoms with E-state index in [4.69, 9.17) is 10.8 Å². The fourth-order valence-electron chi connectivity index (χ4n) is 1.17. The summed E-state index contributed by atoms with van der Waals surface area (Å²) in [5, 5.41) is 8.97. The molecule has 0 saturated carbocycles. The van der Waals surface area contributed by atoms with Crippen molar-refractivity contribution in [3.63, 3.8) is 0 Å². The van der Waals surface area contributed by atoms with Crippen molar-refractivity contribution >= 4 is 0 Å². The summed E-state index contributed by atoms with van der Waals surface area (Å²) in [7, 11) is 0. The molecule has 3 N–H and O–H groups in total. The van der Waals surface area contributed by atoms with E-state index in [-0.39, 0.29) is 0 Å². The van der Waals surface area contributed by atoms with Gasteiger partial charge in [-0.05, 0) is 0 Å². The van der Waals surface area contributed by atoms with Gasteiger partial charge in [0.25, 0.3) is 0 Å². The molecule has 0 radical (unpaired) electrons. The fourth-order valence-corrected chi connectivity index (χ4v) is 1.17. The molecule has 1 aromatic rings. The van der Waals surface area contributed by atoms with Gasteiger partial charge in [-0.3, -0.25) is 4.98 Å². The Morgan fingerprint density at radius 1 is 1.22 bits per heavy atom. The summed E-state index contributed by atoms with van der Waals surface area (Å²) in [4.78, 5) is 3.16. The SMILES string of the molecule is NCc1ncc(O)c(C(F)(F)F)c1OC(F)(F)F. The van der Waals surface area contributed by atoms with E-state index in [1.54, 1.807) is 0 Å². The van der Waals surface area contributed by atoms with Crippen LogP contribution >= 0.6 is 0 Å². The molecule has 0 aliphatic rings. The van der Waals surface area contributed by atoms with Gasteiger partial charge in [-0.15, -0.1) is 13.2 Å². The Hall–Kier alpha value is -1.71. The summed E-state index contributed by atoms with van der Waals surface area (Å²) in [6.45, 7) is -0.714. The molecular weight excluding hydrogens is 270 g/mol. The predicted molar refractivity (Wildman–Crippen MR) is 45.5 cm³/mol. The van der Waals surface area contributed by atoms with E-state index in [0.29, 0.717) is 6.20 Å².